The SMILES string of the molecule is COc1cc2c(cc1OC)C(c1cccs1)N(C(=O)c1coc(CN)c1)CC2. The number of fused-ring (bicyclic) bond motifs is 1. The van der Waals surface area contributed by atoms with Crippen LogP contribution in [0.4, 0.5) is 0 Å². The molecule has 1 aliphatic rings. The highest BCUT2D eigenvalue weighted by Gasteiger charge is 2.34. The van der Waals surface area contributed by atoms with Crippen LogP contribution in [0.15, 0.2) is 46.4 Å². The number of nitrogens with two attached hydrogens (primary N) is 1. The number of rotatable bonds is 5. The van der Waals surface area contributed by atoms with Gasteiger partial charge in [0.2, 0.25) is 0 Å². The molecule has 1 atom stereocenters. The van der Waals surface area contributed by atoms with Gasteiger partial charge in [0.1, 0.15) is 12.0 Å². The molecule has 1 amide bonds. The molecule has 1 aliphatic heterocycles. The smallest absolute Gasteiger partial charge is 0.257 e. The van der Waals surface area contributed by atoms with Gasteiger partial charge in [0.25, 0.3) is 5.91 Å². The van der Waals surface area contributed by atoms with Crippen molar-refractivity contribution < 1.29 is 18.7 Å². The van der Waals surface area contributed by atoms with Crippen molar-refractivity contribution in [3.8, 4) is 11.5 Å². The summed E-state index contributed by atoms with van der Waals surface area (Å²) >= 11 is 1.63. The molecule has 0 saturated heterocycles. The summed E-state index contributed by atoms with van der Waals surface area (Å²) < 4.78 is 16.4. The monoisotopic (exact) mass is 398 g/mol. The van der Waals surface area contributed by atoms with Crippen LogP contribution < -0.4 is 15.2 Å². The maximum absolute atomic E-state index is 13.3. The number of carbonyl (C=O) groups excluding carboxylic acids is 1. The van der Waals surface area contributed by atoms with Crippen LogP contribution in [0.1, 0.15) is 38.2 Å². The predicted octanol–water partition coefficient (Wildman–Crippen LogP) is 3.60. The minimum atomic E-state index is -0.188. The molecule has 1 unspecified atom stereocenters. The number of hydrogen-bond acceptors (Lipinski definition) is 6. The zero-order chi connectivity index (χ0) is 19.7. The number of carbonyl (C=O) groups is 1. The molecule has 0 bridgehead atoms. The number of nitrogens with zero attached hydrogens (tertiary/aromatic N) is 1. The fourth-order valence-electron chi connectivity index (χ4n) is 3.68. The summed E-state index contributed by atoms with van der Waals surface area (Å²) in [6.45, 7) is 0.870. The first-order valence-electron chi connectivity index (χ1n) is 9.03. The van der Waals surface area contributed by atoms with Gasteiger partial charge in [-0.25, -0.2) is 0 Å². The van der Waals surface area contributed by atoms with E-state index in [0.717, 1.165) is 22.4 Å². The van der Waals surface area contributed by atoms with E-state index in [2.05, 4.69) is 6.07 Å². The molecule has 146 valence electrons. The second-order valence-corrected chi connectivity index (χ2v) is 7.56. The molecule has 2 N–H and O–H groups in total. The molecular weight excluding hydrogens is 376 g/mol. The molecule has 0 fully saturated rings. The number of hydrogen-bond donors (Lipinski definition) is 1. The molecule has 28 heavy (non-hydrogen) atoms. The second kappa shape index (κ2) is 7.69. The topological polar surface area (TPSA) is 77.9 Å². The Morgan fingerprint density at radius 1 is 1.29 bits per heavy atom. The normalized spacial score (nSPS) is 16.0. The summed E-state index contributed by atoms with van der Waals surface area (Å²) in [6.07, 6.45) is 2.23. The van der Waals surface area contributed by atoms with Crippen LogP contribution in [-0.4, -0.2) is 31.6 Å². The Morgan fingerprint density at radius 2 is 2.07 bits per heavy atom. The Balaban J connectivity index is 1.79. The third-order valence-electron chi connectivity index (χ3n) is 5.05. The molecule has 3 aromatic rings. The van der Waals surface area contributed by atoms with Crippen LogP contribution >= 0.6 is 11.3 Å². The zero-order valence-electron chi connectivity index (χ0n) is 15.8. The molecular formula is C21H22N2O4S. The lowest BCUT2D eigenvalue weighted by atomic mass is 9.90. The fraction of sp³-hybridized carbons (Fsp3) is 0.286. The van der Waals surface area contributed by atoms with E-state index in [1.54, 1.807) is 31.6 Å². The van der Waals surface area contributed by atoms with Crippen LogP contribution in [-0.2, 0) is 13.0 Å². The highest BCUT2D eigenvalue weighted by Crippen LogP contribution is 2.42. The van der Waals surface area contributed by atoms with Crippen molar-refractivity contribution in [1.29, 1.82) is 0 Å². The predicted molar refractivity (Wildman–Crippen MR) is 107 cm³/mol. The molecule has 3 heterocycles. The van der Waals surface area contributed by atoms with Gasteiger partial charge in [0.15, 0.2) is 11.5 Å². The van der Waals surface area contributed by atoms with E-state index in [1.165, 1.54) is 6.26 Å². The molecule has 1 aromatic carbocycles. The lowest BCUT2D eigenvalue weighted by molar-refractivity contribution is 0.0696. The van der Waals surface area contributed by atoms with E-state index in [0.29, 0.717) is 29.4 Å². The lowest BCUT2D eigenvalue weighted by Crippen LogP contribution is -2.40. The molecule has 0 spiro atoms. The summed E-state index contributed by atoms with van der Waals surface area (Å²) in [4.78, 5) is 16.3. The summed E-state index contributed by atoms with van der Waals surface area (Å²) in [6, 6.07) is 9.59. The summed E-state index contributed by atoms with van der Waals surface area (Å²) in [7, 11) is 3.25. The molecule has 4 rings (SSSR count). The Labute approximate surface area is 167 Å². The van der Waals surface area contributed by atoms with Crippen LogP contribution in [0.5, 0.6) is 11.5 Å². The Hall–Kier alpha value is -2.77. The first-order valence-corrected chi connectivity index (χ1v) is 9.90. The molecule has 0 aliphatic carbocycles. The van der Waals surface area contributed by atoms with Crippen LogP contribution in [0.3, 0.4) is 0 Å². The van der Waals surface area contributed by atoms with Gasteiger partial charge < -0.3 is 24.5 Å². The number of furan rings is 1. The first-order chi connectivity index (χ1) is 13.7. The Kier molecular flexibility index (Phi) is 5.11. The summed E-state index contributed by atoms with van der Waals surface area (Å²) in [5, 5.41) is 2.03. The average Bonchev–Trinajstić information content (AvgIpc) is 3.43. The van der Waals surface area contributed by atoms with Crippen molar-refractivity contribution in [3.05, 3.63) is 69.3 Å². The minimum Gasteiger partial charge on any atom is -0.493 e. The number of benzene rings is 1. The Morgan fingerprint density at radius 3 is 2.71 bits per heavy atom. The summed E-state index contributed by atoms with van der Waals surface area (Å²) in [5.74, 6) is 1.89. The number of amides is 1. The van der Waals surface area contributed by atoms with Crippen molar-refractivity contribution in [3.63, 3.8) is 0 Å². The van der Waals surface area contributed by atoms with Crippen molar-refractivity contribution in [1.82, 2.24) is 4.90 Å². The van der Waals surface area contributed by atoms with Gasteiger partial charge in [-0.05, 0) is 47.2 Å². The maximum Gasteiger partial charge on any atom is 0.257 e. The van der Waals surface area contributed by atoms with E-state index >= 15 is 0 Å². The molecule has 2 aromatic heterocycles. The molecule has 0 saturated carbocycles. The highest BCUT2D eigenvalue weighted by molar-refractivity contribution is 7.10. The maximum atomic E-state index is 13.3. The lowest BCUT2D eigenvalue weighted by Gasteiger charge is -2.37. The van der Waals surface area contributed by atoms with Gasteiger partial charge in [-0.1, -0.05) is 6.07 Å². The largest absolute Gasteiger partial charge is 0.493 e. The quantitative estimate of drug-likeness (QED) is 0.710. The van der Waals surface area contributed by atoms with Gasteiger partial charge in [-0.15, -0.1) is 11.3 Å². The van der Waals surface area contributed by atoms with Gasteiger partial charge in [0.05, 0.1) is 32.4 Å². The number of methoxy groups -OCH3 is 2. The highest BCUT2D eigenvalue weighted by atomic mass is 32.1. The van der Waals surface area contributed by atoms with E-state index in [1.807, 2.05) is 28.5 Å². The number of ether oxygens (including phenoxy) is 2. The second-order valence-electron chi connectivity index (χ2n) is 6.58. The standard InChI is InChI=1S/C21H22N2O4S/c1-25-17-9-13-5-6-23(21(24)14-8-15(11-22)27-12-14)20(19-4-3-7-28-19)16(13)10-18(17)26-2/h3-4,7-10,12,20H,5-6,11,22H2,1-2H3. The average molecular weight is 398 g/mol. The van der Waals surface area contributed by atoms with E-state index in [9.17, 15) is 4.79 Å². The van der Waals surface area contributed by atoms with Crippen molar-refractivity contribution in [2.45, 2.75) is 19.0 Å². The van der Waals surface area contributed by atoms with E-state index in [4.69, 9.17) is 19.6 Å². The zero-order valence-corrected chi connectivity index (χ0v) is 16.6. The van der Waals surface area contributed by atoms with Crippen LogP contribution in [0, 0.1) is 0 Å². The molecule has 0 radical (unpaired) electrons. The molecule has 6 nitrogen and oxygen atoms in total. The van der Waals surface area contributed by atoms with Crippen molar-refractivity contribution in [2.75, 3.05) is 20.8 Å². The van der Waals surface area contributed by atoms with Gasteiger partial charge >= 0.3 is 0 Å². The van der Waals surface area contributed by atoms with Crippen LogP contribution in [0.2, 0.25) is 0 Å². The minimum absolute atomic E-state index is 0.0673. The molecule has 7 heteroatoms. The van der Waals surface area contributed by atoms with Crippen molar-refractivity contribution in [2.24, 2.45) is 5.73 Å². The fourth-order valence-corrected chi connectivity index (χ4v) is 4.54. The van der Waals surface area contributed by atoms with Gasteiger partial charge in [-0.2, -0.15) is 0 Å². The van der Waals surface area contributed by atoms with Gasteiger partial charge in [-0.3, -0.25) is 4.79 Å². The third-order valence-corrected chi connectivity index (χ3v) is 5.97. The van der Waals surface area contributed by atoms with Gasteiger partial charge in [0, 0.05) is 11.4 Å². The first kappa shape index (κ1) is 18.6. The van der Waals surface area contributed by atoms with Crippen molar-refractivity contribution >= 4 is 17.2 Å². The number of thiophene rings is 1. The van der Waals surface area contributed by atoms with E-state index < -0.39 is 0 Å². The summed E-state index contributed by atoms with van der Waals surface area (Å²) in [5.41, 5.74) is 8.36. The Bertz CT molecular complexity index is 980. The van der Waals surface area contributed by atoms with E-state index in [-0.39, 0.29) is 18.5 Å². The van der Waals surface area contributed by atoms with Crippen LogP contribution in [0.25, 0.3) is 0 Å². The third kappa shape index (κ3) is 3.16.